The van der Waals surface area contributed by atoms with E-state index in [0.717, 1.165) is 5.56 Å². The van der Waals surface area contributed by atoms with Crippen LogP contribution in [0.2, 0.25) is 0 Å². The summed E-state index contributed by atoms with van der Waals surface area (Å²) in [7, 11) is 1.56. The Hall–Kier alpha value is -2.41. The highest BCUT2D eigenvalue weighted by Gasteiger charge is 2.11. The van der Waals surface area contributed by atoms with Crippen LogP contribution in [0.15, 0.2) is 34.9 Å². The monoisotopic (exact) mass is 263 g/mol. The fraction of sp³-hybridized carbons (Fsp3) is 0.250. The van der Waals surface area contributed by atoms with Crippen molar-refractivity contribution in [3.05, 3.63) is 51.9 Å². The van der Waals surface area contributed by atoms with Crippen LogP contribution in [-0.4, -0.2) is 17.0 Å². The van der Waals surface area contributed by atoms with Gasteiger partial charge >= 0.3 is 5.88 Å². The first kappa shape index (κ1) is 13.0. The molecule has 7 nitrogen and oxygen atoms in total. The molecule has 0 aliphatic heterocycles. The average Bonchev–Trinajstić information content (AvgIpc) is 2.88. The maximum absolute atomic E-state index is 10.5. The van der Waals surface area contributed by atoms with E-state index in [1.165, 1.54) is 6.07 Å². The van der Waals surface area contributed by atoms with Crippen LogP contribution in [0.1, 0.15) is 11.3 Å². The normalized spacial score (nSPS) is 10.4. The molecule has 0 aliphatic rings. The third-order valence-corrected chi connectivity index (χ3v) is 2.49. The van der Waals surface area contributed by atoms with Gasteiger partial charge in [-0.1, -0.05) is 6.07 Å². The van der Waals surface area contributed by atoms with Gasteiger partial charge in [-0.2, -0.15) is 0 Å². The quantitative estimate of drug-likeness (QED) is 0.632. The molecule has 2 aromatic rings. The van der Waals surface area contributed by atoms with Crippen LogP contribution in [0.4, 0.5) is 5.88 Å². The largest absolute Gasteiger partial charge is 0.481 e. The number of methoxy groups -OCH3 is 1. The van der Waals surface area contributed by atoms with Crippen molar-refractivity contribution in [2.45, 2.75) is 13.1 Å². The lowest BCUT2D eigenvalue weighted by atomic mass is 10.2. The van der Waals surface area contributed by atoms with Crippen LogP contribution in [-0.2, 0) is 13.1 Å². The summed E-state index contributed by atoms with van der Waals surface area (Å²) in [5.74, 6) is 0.811. The highest BCUT2D eigenvalue weighted by molar-refractivity contribution is 5.25. The van der Waals surface area contributed by atoms with Gasteiger partial charge in [0.25, 0.3) is 0 Å². The van der Waals surface area contributed by atoms with Crippen molar-refractivity contribution < 1.29 is 14.1 Å². The Bertz CT molecular complexity index is 568. The van der Waals surface area contributed by atoms with Crippen LogP contribution in [0.5, 0.6) is 5.88 Å². The summed E-state index contributed by atoms with van der Waals surface area (Å²) in [6.45, 7) is 0.928. The number of pyridine rings is 1. The molecule has 2 aromatic heterocycles. The SMILES string of the molecule is COc1ncccc1CNCc1ccc([N+](=O)[O-])o1. The van der Waals surface area contributed by atoms with Gasteiger partial charge < -0.3 is 14.5 Å². The fourth-order valence-electron chi connectivity index (χ4n) is 1.62. The molecule has 0 unspecified atom stereocenters. The minimum Gasteiger partial charge on any atom is -0.481 e. The molecule has 2 rings (SSSR count). The molecule has 0 fully saturated rings. The van der Waals surface area contributed by atoms with E-state index in [1.54, 1.807) is 19.4 Å². The van der Waals surface area contributed by atoms with Crippen molar-refractivity contribution in [2.75, 3.05) is 7.11 Å². The number of nitro groups is 1. The molecule has 0 aromatic carbocycles. The van der Waals surface area contributed by atoms with Crippen LogP contribution in [0.25, 0.3) is 0 Å². The smallest absolute Gasteiger partial charge is 0.433 e. The van der Waals surface area contributed by atoms with Gasteiger partial charge in [-0.3, -0.25) is 10.1 Å². The summed E-state index contributed by atoms with van der Waals surface area (Å²) in [6, 6.07) is 6.62. The number of nitrogens with one attached hydrogen (secondary N) is 1. The Balaban J connectivity index is 1.90. The van der Waals surface area contributed by atoms with Crippen LogP contribution < -0.4 is 10.1 Å². The number of aromatic nitrogens is 1. The summed E-state index contributed by atoms with van der Waals surface area (Å²) in [5.41, 5.74) is 0.908. The standard InChI is InChI=1S/C12H13N3O4/c1-18-12-9(3-2-6-14-12)7-13-8-10-4-5-11(19-10)15(16)17/h2-6,13H,7-8H2,1H3. The van der Waals surface area contributed by atoms with E-state index in [-0.39, 0.29) is 5.88 Å². The molecule has 0 atom stereocenters. The van der Waals surface area contributed by atoms with Crippen molar-refractivity contribution in [1.82, 2.24) is 10.3 Å². The molecular formula is C12H13N3O4. The number of rotatable bonds is 6. The third-order valence-electron chi connectivity index (χ3n) is 2.49. The van der Waals surface area contributed by atoms with Crippen LogP contribution in [0.3, 0.4) is 0 Å². The first-order valence-corrected chi connectivity index (χ1v) is 5.62. The lowest BCUT2D eigenvalue weighted by Crippen LogP contribution is -2.13. The molecule has 0 aliphatic carbocycles. The zero-order chi connectivity index (χ0) is 13.7. The van der Waals surface area contributed by atoms with E-state index >= 15 is 0 Å². The van der Waals surface area contributed by atoms with Gasteiger partial charge in [0, 0.05) is 18.3 Å². The second kappa shape index (κ2) is 5.96. The summed E-state index contributed by atoms with van der Waals surface area (Å²) in [4.78, 5) is 14.0. The third kappa shape index (κ3) is 3.29. The topological polar surface area (TPSA) is 90.4 Å². The molecule has 7 heteroatoms. The molecule has 0 amide bonds. The molecule has 0 radical (unpaired) electrons. The van der Waals surface area contributed by atoms with E-state index in [4.69, 9.17) is 9.15 Å². The summed E-state index contributed by atoms with van der Waals surface area (Å²) < 4.78 is 10.2. The van der Waals surface area contributed by atoms with E-state index in [0.29, 0.717) is 24.7 Å². The molecule has 0 spiro atoms. The Morgan fingerprint density at radius 1 is 1.42 bits per heavy atom. The van der Waals surface area contributed by atoms with Gasteiger partial charge in [0.1, 0.15) is 10.7 Å². The van der Waals surface area contributed by atoms with Crippen LogP contribution >= 0.6 is 0 Å². The van der Waals surface area contributed by atoms with Gasteiger partial charge in [-0.25, -0.2) is 4.98 Å². The lowest BCUT2D eigenvalue weighted by molar-refractivity contribution is -0.402. The fourth-order valence-corrected chi connectivity index (χ4v) is 1.62. The predicted octanol–water partition coefficient (Wildman–Crippen LogP) is 1.88. The number of hydrogen-bond donors (Lipinski definition) is 1. The molecule has 0 saturated heterocycles. The van der Waals surface area contributed by atoms with E-state index in [2.05, 4.69) is 10.3 Å². The van der Waals surface area contributed by atoms with E-state index < -0.39 is 4.92 Å². The second-order valence-corrected chi connectivity index (χ2v) is 3.77. The molecule has 0 saturated carbocycles. The zero-order valence-electron chi connectivity index (χ0n) is 10.3. The molecule has 1 N–H and O–H groups in total. The van der Waals surface area contributed by atoms with Gasteiger partial charge in [0.2, 0.25) is 5.88 Å². The Labute approximate surface area is 109 Å². The Morgan fingerprint density at radius 2 is 2.26 bits per heavy atom. The van der Waals surface area contributed by atoms with E-state index in [9.17, 15) is 10.1 Å². The van der Waals surface area contributed by atoms with Crippen molar-refractivity contribution in [2.24, 2.45) is 0 Å². The Kier molecular flexibility index (Phi) is 4.09. The zero-order valence-corrected chi connectivity index (χ0v) is 10.3. The second-order valence-electron chi connectivity index (χ2n) is 3.77. The highest BCUT2D eigenvalue weighted by atomic mass is 16.6. The van der Waals surface area contributed by atoms with Crippen LogP contribution in [0, 0.1) is 10.1 Å². The molecule has 19 heavy (non-hydrogen) atoms. The number of nitrogens with zero attached hydrogens (tertiary/aromatic N) is 2. The molecule has 2 heterocycles. The minimum atomic E-state index is -0.562. The number of ether oxygens (including phenoxy) is 1. The summed E-state index contributed by atoms with van der Waals surface area (Å²) in [6.07, 6.45) is 1.65. The summed E-state index contributed by atoms with van der Waals surface area (Å²) in [5, 5.41) is 13.6. The van der Waals surface area contributed by atoms with E-state index in [1.807, 2.05) is 12.1 Å². The minimum absolute atomic E-state index is 0.254. The average molecular weight is 263 g/mol. The predicted molar refractivity (Wildman–Crippen MR) is 66.7 cm³/mol. The molecule has 0 bridgehead atoms. The van der Waals surface area contributed by atoms with Crippen molar-refractivity contribution in [3.8, 4) is 5.88 Å². The highest BCUT2D eigenvalue weighted by Crippen LogP contribution is 2.16. The van der Waals surface area contributed by atoms with Crippen molar-refractivity contribution in [3.63, 3.8) is 0 Å². The van der Waals surface area contributed by atoms with Crippen molar-refractivity contribution >= 4 is 5.88 Å². The number of hydrogen-bond acceptors (Lipinski definition) is 6. The first-order valence-electron chi connectivity index (χ1n) is 5.62. The maximum atomic E-state index is 10.5. The van der Waals surface area contributed by atoms with Gasteiger partial charge in [-0.05, 0) is 12.1 Å². The Morgan fingerprint density at radius 3 is 2.95 bits per heavy atom. The van der Waals surface area contributed by atoms with Gasteiger partial charge in [0.05, 0.1) is 19.7 Å². The van der Waals surface area contributed by atoms with Gasteiger partial charge in [-0.15, -0.1) is 0 Å². The molecular weight excluding hydrogens is 250 g/mol. The lowest BCUT2D eigenvalue weighted by Gasteiger charge is -2.07. The molecule has 100 valence electrons. The van der Waals surface area contributed by atoms with Gasteiger partial charge in [0.15, 0.2) is 0 Å². The summed E-state index contributed by atoms with van der Waals surface area (Å²) >= 11 is 0. The maximum Gasteiger partial charge on any atom is 0.433 e. The van der Waals surface area contributed by atoms with Crippen molar-refractivity contribution in [1.29, 1.82) is 0 Å². The first-order chi connectivity index (χ1) is 9.20. The number of furan rings is 1.